The first kappa shape index (κ1) is 26.2. The number of unbranched alkanes of at least 4 members (excludes halogenated alkanes) is 8. The highest BCUT2D eigenvalue weighted by molar-refractivity contribution is 6.07. The number of methoxy groups -OCH3 is 1. The van der Waals surface area contributed by atoms with E-state index in [1.165, 1.54) is 45.3 Å². The van der Waals surface area contributed by atoms with E-state index < -0.39 is 23.0 Å². The van der Waals surface area contributed by atoms with Crippen LogP contribution in [0.15, 0.2) is 24.3 Å². The van der Waals surface area contributed by atoms with Gasteiger partial charge in [0.1, 0.15) is 11.4 Å². The van der Waals surface area contributed by atoms with Gasteiger partial charge in [0.05, 0.1) is 7.11 Å². The quantitative estimate of drug-likeness (QED) is 0.237. The van der Waals surface area contributed by atoms with Crippen molar-refractivity contribution < 1.29 is 24.2 Å². The first-order chi connectivity index (χ1) is 14.1. The molecule has 0 aliphatic heterocycles. The van der Waals surface area contributed by atoms with Crippen LogP contribution in [0.4, 0.5) is 0 Å². The summed E-state index contributed by atoms with van der Waals surface area (Å²) in [7, 11) is 1.50. The molecule has 170 valence electrons. The lowest BCUT2D eigenvalue weighted by Gasteiger charge is -2.29. The second-order valence-electron chi connectivity index (χ2n) is 8.95. The van der Waals surface area contributed by atoms with Gasteiger partial charge in [0.2, 0.25) is 5.60 Å². The number of hydrogen-bond donors (Lipinski definition) is 1. The normalized spacial score (nSPS) is 13.5. The molecule has 0 heterocycles. The van der Waals surface area contributed by atoms with Crippen molar-refractivity contribution in [2.45, 2.75) is 103 Å². The maximum Gasteiger partial charge on any atom is 0.351 e. The van der Waals surface area contributed by atoms with Crippen molar-refractivity contribution >= 4 is 11.8 Å². The number of carbonyl (C=O) groups is 2. The molecule has 0 bridgehead atoms. The standard InChI is InChI=1S/C25H40O5/c1-6-7-8-9-10-11-12-13-14-18-22(26)25(28,23(27)30-24(2,3)4)20-16-15-17-21(19-20)29-5/h15-17,19,28H,6-14,18H2,1-5H3. The molecule has 1 aromatic rings. The van der Waals surface area contributed by atoms with Crippen molar-refractivity contribution in [1.82, 2.24) is 0 Å². The van der Waals surface area contributed by atoms with Crippen LogP contribution in [0.1, 0.15) is 97.5 Å². The largest absolute Gasteiger partial charge is 0.497 e. The van der Waals surface area contributed by atoms with Gasteiger partial charge in [-0.05, 0) is 39.3 Å². The first-order valence-electron chi connectivity index (χ1n) is 11.3. The van der Waals surface area contributed by atoms with Crippen LogP contribution in [0.3, 0.4) is 0 Å². The molecule has 0 aliphatic carbocycles. The number of rotatable bonds is 14. The molecule has 0 amide bonds. The maximum absolute atomic E-state index is 13.0. The molecule has 0 fully saturated rings. The topological polar surface area (TPSA) is 72.8 Å². The van der Waals surface area contributed by atoms with Crippen molar-refractivity contribution in [3.8, 4) is 5.75 Å². The highest BCUT2D eigenvalue weighted by Gasteiger charge is 2.48. The highest BCUT2D eigenvalue weighted by atomic mass is 16.6. The molecule has 0 saturated heterocycles. The fraction of sp³-hybridized carbons (Fsp3) is 0.680. The molecule has 0 spiro atoms. The van der Waals surface area contributed by atoms with Gasteiger partial charge in [0.25, 0.3) is 0 Å². The third kappa shape index (κ3) is 8.47. The van der Waals surface area contributed by atoms with E-state index >= 15 is 0 Å². The summed E-state index contributed by atoms with van der Waals surface area (Å²) in [6.45, 7) is 7.34. The van der Waals surface area contributed by atoms with E-state index in [0.717, 1.165) is 19.3 Å². The Hall–Kier alpha value is -1.88. The summed E-state index contributed by atoms with van der Waals surface area (Å²) in [5.74, 6) is -1.01. The molecule has 0 aliphatic rings. The Bertz CT molecular complexity index is 662. The molecule has 1 N–H and O–H groups in total. The van der Waals surface area contributed by atoms with Crippen molar-refractivity contribution in [2.24, 2.45) is 0 Å². The number of aliphatic hydroxyl groups is 1. The van der Waals surface area contributed by atoms with Crippen LogP contribution in [0.5, 0.6) is 5.75 Å². The molecule has 0 aromatic heterocycles. The van der Waals surface area contributed by atoms with Crippen LogP contribution < -0.4 is 4.74 Å². The summed E-state index contributed by atoms with van der Waals surface area (Å²) in [5.41, 5.74) is -2.97. The number of esters is 1. The van der Waals surface area contributed by atoms with Crippen LogP contribution >= 0.6 is 0 Å². The first-order valence-corrected chi connectivity index (χ1v) is 11.3. The van der Waals surface area contributed by atoms with E-state index in [1.807, 2.05) is 0 Å². The molecule has 5 heteroatoms. The minimum atomic E-state index is -2.33. The van der Waals surface area contributed by atoms with Gasteiger partial charge in [-0.2, -0.15) is 0 Å². The highest BCUT2D eigenvalue weighted by Crippen LogP contribution is 2.31. The Labute approximate surface area is 182 Å². The van der Waals surface area contributed by atoms with Crippen molar-refractivity contribution in [3.05, 3.63) is 29.8 Å². The zero-order valence-corrected chi connectivity index (χ0v) is 19.5. The lowest BCUT2D eigenvalue weighted by Crippen LogP contribution is -2.47. The van der Waals surface area contributed by atoms with Crippen molar-refractivity contribution in [1.29, 1.82) is 0 Å². The summed E-state index contributed by atoms with van der Waals surface area (Å²) < 4.78 is 10.6. The predicted molar refractivity (Wildman–Crippen MR) is 120 cm³/mol. The average Bonchev–Trinajstić information content (AvgIpc) is 2.70. The number of carbonyl (C=O) groups excluding carboxylic acids is 2. The monoisotopic (exact) mass is 420 g/mol. The van der Waals surface area contributed by atoms with E-state index in [9.17, 15) is 14.7 Å². The molecule has 0 saturated carbocycles. The molecule has 1 atom stereocenters. The van der Waals surface area contributed by atoms with Gasteiger partial charge >= 0.3 is 5.97 Å². The van der Waals surface area contributed by atoms with Crippen LogP contribution in [0.2, 0.25) is 0 Å². The number of ketones is 1. The van der Waals surface area contributed by atoms with Gasteiger partial charge in [-0.3, -0.25) is 4.79 Å². The fourth-order valence-electron chi connectivity index (χ4n) is 3.37. The van der Waals surface area contributed by atoms with Crippen LogP contribution in [-0.2, 0) is 19.9 Å². The minimum absolute atomic E-state index is 0.128. The number of ether oxygens (including phenoxy) is 2. The Morgan fingerprint density at radius 2 is 1.50 bits per heavy atom. The van der Waals surface area contributed by atoms with Gasteiger partial charge in [0, 0.05) is 12.0 Å². The van der Waals surface area contributed by atoms with E-state index in [-0.39, 0.29) is 12.0 Å². The minimum Gasteiger partial charge on any atom is -0.497 e. The fourth-order valence-corrected chi connectivity index (χ4v) is 3.37. The lowest BCUT2D eigenvalue weighted by atomic mass is 9.86. The second kappa shape index (κ2) is 12.7. The zero-order chi connectivity index (χ0) is 22.6. The molecular formula is C25H40O5. The Balaban J connectivity index is 2.75. The third-order valence-corrected chi connectivity index (χ3v) is 5.09. The van der Waals surface area contributed by atoms with E-state index in [1.54, 1.807) is 39.0 Å². The summed E-state index contributed by atoms with van der Waals surface area (Å²) >= 11 is 0. The summed E-state index contributed by atoms with van der Waals surface area (Å²) in [6.07, 6.45) is 10.2. The van der Waals surface area contributed by atoms with Crippen molar-refractivity contribution in [3.63, 3.8) is 0 Å². The van der Waals surface area contributed by atoms with Gasteiger partial charge in [-0.15, -0.1) is 0 Å². The molecule has 1 aromatic carbocycles. The summed E-state index contributed by atoms with van der Waals surface area (Å²) in [4.78, 5) is 25.9. The lowest BCUT2D eigenvalue weighted by molar-refractivity contribution is -0.181. The van der Waals surface area contributed by atoms with Crippen LogP contribution in [-0.4, -0.2) is 29.6 Å². The molecule has 1 unspecified atom stereocenters. The molecule has 0 radical (unpaired) electrons. The SMILES string of the molecule is CCCCCCCCCCCC(=O)C(O)(C(=O)OC(C)(C)C)c1cccc(OC)c1. The molecule has 5 nitrogen and oxygen atoms in total. The maximum atomic E-state index is 13.0. The van der Waals surface area contributed by atoms with Gasteiger partial charge < -0.3 is 14.6 Å². The van der Waals surface area contributed by atoms with E-state index in [2.05, 4.69) is 6.92 Å². The smallest absolute Gasteiger partial charge is 0.351 e. The summed E-state index contributed by atoms with van der Waals surface area (Å²) in [5, 5.41) is 11.2. The van der Waals surface area contributed by atoms with Crippen molar-refractivity contribution in [2.75, 3.05) is 7.11 Å². The second-order valence-corrected chi connectivity index (χ2v) is 8.95. The van der Waals surface area contributed by atoms with E-state index in [0.29, 0.717) is 12.2 Å². The molecular weight excluding hydrogens is 380 g/mol. The van der Waals surface area contributed by atoms with Gasteiger partial charge in [-0.25, -0.2) is 4.79 Å². The zero-order valence-electron chi connectivity index (χ0n) is 19.5. The van der Waals surface area contributed by atoms with Gasteiger partial charge in [-0.1, -0.05) is 70.4 Å². The molecule has 30 heavy (non-hydrogen) atoms. The Morgan fingerprint density at radius 3 is 2.03 bits per heavy atom. The number of benzene rings is 1. The number of hydrogen-bond acceptors (Lipinski definition) is 5. The van der Waals surface area contributed by atoms with Gasteiger partial charge in [0.15, 0.2) is 5.78 Å². The van der Waals surface area contributed by atoms with Crippen LogP contribution in [0.25, 0.3) is 0 Å². The number of Topliss-reactive ketones (excluding diaryl/α,β-unsaturated/α-hetero) is 1. The Kier molecular flexibility index (Phi) is 11.1. The van der Waals surface area contributed by atoms with E-state index in [4.69, 9.17) is 9.47 Å². The Morgan fingerprint density at radius 1 is 0.933 bits per heavy atom. The average molecular weight is 421 g/mol. The summed E-state index contributed by atoms with van der Waals surface area (Å²) in [6, 6.07) is 6.41. The third-order valence-electron chi connectivity index (χ3n) is 5.09. The predicted octanol–water partition coefficient (Wildman–Crippen LogP) is 5.71. The molecule has 1 rings (SSSR count). The van der Waals surface area contributed by atoms with Crippen LogP contribution in [0, 0.1) is 0 Å².